The molecule has 1 saturated carbocycles. The Bertz CT molecular complexity index is 533. The van der Waals surface area contributed by atoms with Gasteiger partial charge in [-0.15, -0.1) is 0 Å². The molecule has 0 spiro atoms. The van der Waals surface area contributed by atoms with Crippen LogP contribution < -0.4 is 5.32 Å². The zero-order chi connectivity index (χ0) is 16.8. The summed E-state index contributed by atoms with van der Waals surface area (Å²) in [5.74, 6) is 0.619. The zero-order valence-electron chi connectivity index (χ0n) is 14.2. The van der Waals surface area contributed by atoms with E-state index in [1.54, 1.807) is 0 Å². The van der Waals surface area contributed by atoms with Crippen LogP contribution in [0.2, 0.25) is 0 Å². The molecule has 0 saturated heterocycles. The molecule has 2 atom stereocenters. The summed E-state index contributed by atoms with van der Waals surface area (Å²) in [5, 5.41) is 6.82. The number of carbonyl (C=O) groups excluding carboxylic acids is 2. The van der Waals surface area contributed by atoms with Gasteiger partial charge in [-0.05, 0) is 39.0 Å². The van der Waals surface area contributed by atoms with Crippen molar-refractivity contribution in [2.75, 3.05) is 6.61 Å². The number of hydrogen-bond donors (Lipinski definition) is 1. The molecule has 1 aromatic rings. The Morgan fingerprint density at radius 3 is 2.70 bits per heavy atom. The summed E-state index contributed by atoms with van der Waals surface area (Å²) < 4.78 is 10.1. The van der Waals surface area contributed by atoms with Crippen LogP contribution in [0, 0.1) is 19.8 Å². The highest BCUT2D eigenvalue weighted by Gasteiger charge is 2.23. The van der Waals surface area contributed by atoms with Crippen molar-refractivity contribution < 1.29 is 18.8 Å². The number of hydrogen-bond acceptors (Lipinski definition) is 5. The van der Waals surface area contributed by atoms with Crippen LogP contribution in [0.25, 0.3) is 0 Å². The number of aryl methyl sites for hydroxylation is 2. The van der Waals surface area contributed by atoms with Gasteiger partial charge in [0.2, 0.25) is 0 Å². The molecule has 128 valence electrons. The summed E-state index contributed by atoms with van der Waals surface area (Å²) in [6.07, 6.45) is 5.25. The van der Waals surface area contributed by atoms with Gasteiger partial charge in [-0.1, -0.05) is 24.9 Å². The van der Waals surface area contributed by atoms with Gasteiger partial charge in [0.05, 0.1) is 5.69 Å². The number of ether oxygens (including phenoxy) is 1. The minimum Gasteiger partial charge on any atom is -0.456 e. The molecule has 23 heavy (non-hydrogen) atoms. The second kappa shape index (κ2) is 8.13. The lowest BCUT2D eigenvalue weighted by Gasteiger charge is -2.29. The van der Waals surface area contributed by atoms with Crippen molar-refractivity contribution >= 4 is 11.9 Å². The van der Waals surface area contributed by atoms with Crippen LogP contribution in [-0.2, 0) is 20.7 Å². The van der Waals surface area contributed by atoms with Crippen LogP contribution in [0.4, 0.5) is 0 Å². The fourth-order valence-corrected chi connectivity index (χ4v) is 3.08. The van der Waals surface area contributed by atoms with Crippen molar-refractivity contribution in [2.45, 2.75) is 65.3 Å². The van der Waals surface area contributed by atoms with E-state index in [0.29, 0.717) is 12.3 Å². The lowest BCUT2D eigenvalue weighted by Crippen LogP contribution is -2.42. The molecule has 1 heterocycles. The van der Waals surface area contributed by atoms with Crippen molar-refractivity contribution in [2.24, 2.45) is 5.92 Å². The summed E-state index contributed by atoms with van der Waals surface area (Å²) >= 11 is 0. The lowest BCUT2D eigenvalue weighted by molar-refractivity contribution is -0.148. The second-order valence-electron chi connectivity index (χ2n) is 6.40. The minimum atomic E-state index is -0.378. The first-order valence-corrected chi connectivity index (χ1v) is 8.34. The van der Waals surface area contributed by atoms with Gasteiger partial charge < -0.3 is 14.6 Å². The number of nitrogens with zero attached hydrogens (tertiary/aromatic N) is 1. The Morgan fingerprint density at radius 1 is 1.30 bits per heavy atom. The Labute approximate surface area is 136 Å². The van der Waals surface area contributed by atoms with Crippen LogP contribution in [-0.4, -0.2) is 29.7 Å². The number of rotatable bonds is 6. The van der Waals surface area contributed by atoms with Gasteiger partial charge in [0.25, 0.3) is 5.91 Å². The molecule has 6 heteroatoms. The number of nitrogens with one attached hydrogen (secondary N) is 1. The maximum Gasteiger partial charge on any atom is 0.306 e. The second-order valence-corrected chi connectivity index (χ2v) is 6.40. The smallest absolute Gasteiger partial charge is 0.306 e. The fraction of sp³-hybridized carbons (Fsp3) is 0.706. The molecule has 0 radical (unpaired) electrons. The Kier molecular flexibility index (Phi) is 6.19. The number of aromatic nitrogens is 1. The van der Waals surface area contributed by atoms with Gasteiger partial charge in [0.1, 0.15) is 5.76 Å². The third-order valence-corrected chi connectivity index (χ3v) is 4.58. The standard InChI is InChI=1S/C17H26N2O4/c1-11-6-4-5-7-15(11)18-16(20)10-22-17(21)9-8-14-12(2)19-23-13(14)3/h11,15H,4-10H2,1-3H3,(H,18,20)/t11-,15-/m0/s1. The maximum atomic E-state index is 11.9. The van der Waals surface area contributed by atoms with Crippen LogP contribution in [0.1, 0.15) is 56.0 Å². The molecule has 0 unspecified atom stereocenters. The largest absolute Gasteiger partial charge is 0.456 e. The first-order chi connectivity index (χ1) is 11.0. The minimum absolute atomic E-state index is 0.205. The summed E-state index contributed by atoms with van der Waals surface area (Å²) in [6.45, 7) is 5.61. The average molecular weight is 322 g/mol. The number of amides is 1. The number of carbonyl (C=O) groups is 2. The van der Waals surface area contributed by atoms with Gasteiger partial charge >= 0.3 is 5.97 Å². The number of esters is 1. The van der Waals surface area contributed by atoms with Gasteiger partial charge in [0, 0.05) is 18.0 Å². The van der Waals surface area contributed by atoms with E-state index >= 15 is 0 Å². The highest BCUT2D eigenvalue weighted by atomic mass is 16.5. The first kappa shape index (κ1) is 17.5. The molecule has 0 bridgehead atoms. The molecule has 1 aromatic heterocycles. The molecule has 1 N–H and O–H groups in total. The van der Waals surface area contributed by atoms with Crippen molar-refractivity contribution in [3.63, 3.8) is 0 Å². The third-order valence-electron chi connectivity index (χ3n) is 4.58. The van der Waals surface area contributed by atoms with Crippen LogP contribution in [0.15, 0.2) is 4.52 Å². The van der Waals surface area contributed by atoms with Crippen LogP contribution in [0.3, 0.4) is 0 Å². The first-order valence-electron chi connectivity index (χ1n) is 8.34. The molecular weight excluding hydrogens is 296 g/mol. The van der Waals surface area contributed by atoms with E-state index in [4.69, 9.17) is 9.26 Å². The zero-order valence-corrected chi connectivity index (χ0v) is 14.2. The predicted molar refractivity (Wildman–Crippen MR) is 84.8 cm³/mol. The molecule has 0 aromatic carbocycles. The van der Waals surface area contributed by atoms with E-state index in [2.05, 4.69) is 17.4 Å². The van der Waals surface area contributed by atoms with Gasteiger partial charge in [-0.25, -0.2) is 0 Å². The molecule has 6 nitrogen and oxygen atoms in total. The maximum absolute atomic E-state index is 11.9. The van der Waals surface area contributed by atoms with E-state index in [0.717, 1.165) is 36.3 Å². The van der Waals surface area contributed by atoms with E-state index in [-0.39, 0.29) is 30.9 Å². The highest BCUT2D eigenvalue weighted by molar-refractivity contribution is 5.80. The Balaban J connectivity index is 1.68. The lowest BCUT2D eigenvalue weighted by atomic mass is 9.86. The fourth-order valence-electron chi connectivity index (χ4n) is 3.08. The average Bonchev–Trinajstić information content (AvgIpc) is 2.84. The monoisotopic (exact) mass is 322 g/mol. The molecule has 1 amide bonds. The van der Waals surface area contributed by atoms with Crippen molar-refractivity contribution in [3.05, 3.63) is 17.0 Å². The van der Waals surface area contributed by atoms with Crippen LogP contribution >= 0.6 is 0 Å². The van der Waals surface area contributed by atoms with Gasteiger partial charge in [0.15, 0.2) is 6.61 Å². The van der Waals surface area contributed by atoms with E-state index < -0.39 is 0 Å². The topological polar surface area (TPSA) is 81.4 Å². The van der Waals surface area contributed by atoms with Crippen molar-refractivity contribution in [1.29, 1.82) is 0 Å². The van der Waals surface area contributed by atoms with Gasteiger partial charge in [-0.3, -0.25) is 9.59 Å². The molecule has 1 fully saturated rings. The molecule has 1 aliphatic carbocycles. The Morgan fingerprint density at radius 2 is 2.04 bits per heavy atom. The molecule has 2 rings (SSSR count). The van der Waals surface area contributed by atoms with Gasteiger partial charge in [-0.2, -0.15) is 0 Å². The summed E-state index contributed by atoms with van der Waals surface area (Å²) in [7, 11) is 0. The summed E-state index contributed by atoms with van der Waals surface area (Å²) in [6, 6.07) is 0.206. The third kappa shape index (κ3) is 5.08. The molecule has 1 aliphatic rings. The van der Waals surface area contributed by atoms with Crippen LogP contribution in [0.5, 0.6) is 0 Å². The SMILES string of the molecule is Cc1noc(C)c1CCC(=O)OCC(=O)N[C@H]1CCCC[C@@H]1C. The van der Waals surface area contributed by atoms with E-state index in [1.165, 1.54) is 6.42 Å². The molecule has 0 aliphatic heterocycles. The van der Waals surface area contributed by atoms with E-state index in [1.807, 2.05) is 13.8 Å². The quantitative estimate of drug-likeness (QED) is 0.814. The Hall–Kier alpha value is -1.85. The highest BCUT2D eigenvalue weighted by Crippen LogP contribution is 2.23. The van der Waals surface area contributed by atoms with Crippen molar-refractivity contribution in [3.8, 4) is 0 Å². The van der Waals surface area contributed by atoms with Crippen molar-refractivity contribution in [1.82, 2.24) is 10.5 Å². The normalized spacial score (nSPS) is 21.0. The predicted octanol–water partition coefficient (Wildman–Crippen LogP) is 2.46. The summed E-state index contributed by atoms with van der Waals surface area (Å²) in [4.78, 5) is 23.7. The molecular formula is C17H26N2O4. The van der Waals surface area contributed by atoms with E-state index in [9.17, 15) is 9.59 Å². The summed E-state index contributed by atoms with van der Waals surface area (Å²) in [5.41, 5.74) is 1.72.